The summed E-state index contributed by atoms with van der Waals surface area (Å²) >= 11 is 0. The standard InChI is InChI=1S/C22H41NO8/c1-13(2)9-15(29-7)19(25)20(26)23-21(30-8)16-11-17(24)22(3,4)18(31-16)10-14(28-6)12-27-5/h14-19,21,24-25H,1,9-12H2,2-8H3,(H,23,26)/t14-,15-,16-,17+,18+,19-,21+/m0/s1. The zero-order chi connectivity index (χ0) is 23.8. The third-order valence-electron chi connectivity index (χ3n) is 6.00. The number of amides is 1. The first-order valence-corrected chi connectivity index (χ1v) is 10.5. The minimum absolute atomic E-state index is 0.206. The molecule has 0 aromatic heterocycles. The average molecular weight is 448 g/mol. The van der Waals surface area contributed by atoms with Crippen LogP contribution in [0.5, 0.6) is 0 Å². The van der Waals surface area contributed by atoms with E-state index in [1.165, 1.54) is 14.2 Å². The quantitative estimate of drug-likeness (QED) is 0.283. The first kappa shape index (κ1) is 28.0. The van der Waals surface area contributed by atoms with Gasteiger partial charge in [0, 0.05) is 46.7 Å². The molecule has 0 radical (unpaired) electrons. The second-order valence-electron chi connectivity index (χ2n) is 8.83. The highest BCUT2D eigenvalue weighted by molar-refractivity contribution is 5.81. The average Bonchev–Trinajstić information content (AvgIpc) is 2.72. The fraction of sp³-hybridized carbons (Fsp3) is 0.864. The van der Waals surface area contributed by atoms with Crippen LogP contribution in [0.1, 0.15) is 40.0 Å². The Labute approximate surface area is 186 Å². The molecule has 9 heteroatoms. The molecule has 0 aromatic rings. The first-order valence-electron chi connectivity index (χ1n) is 10.5. The van der Waals surface area contributed by atoms with Crippen LogP contribution in [0.15, 0.2) is 12.2 Å². The predicted octanol–water partition coefficient (Wildman–Crippen LogP) is 1.01. The SMILES string of the molecule is C=C(C)C[C@H](OC)[C@H](O)C(=O)N[C@H](OC)[C@@H]1C[C@@H](O)C(C)(C)[C@@H](C[C@@H](COC)OC)O1. The second kappa shape index (κ2) is 12.8. The van der Waals surface area contributed by atoms with E-state index in [1.54, 1.807) is 21.1 Å². The van der Waals surface area contributed by atoms with E-state index in [0.717, 1.165) is 5.57 Å². The van der Waals surface area contributed by atoms with Gasteiger partial charge in [-0.1, -0.05) is 19.4 Å². The Morgan fingerprint density at radius 1 is 1.23 bits per heavy atom. The van der Waals surface area contributed by atoms with E-state index >= 15 is 0 Å². The molecule has 1 aliphatic rings. The summed E-state index contributed by atoms with van der Waals surface area (Å²) in [6, 6.07) is 0. The van der Waals surface area contributed by atoms with Crippen molar-refractivity contribution in [3.8, 4) is 0 Å². The van der Waals surface area contributed by atoms with E-state index < -0.39 is 42.0 Å². The zero-order valence-electron chi connectivity index (χ0n) is 19.9. The molecule has 7 atom stereocenters. The molecule has 0 saturated carbocycles. The van der Waals surface area contributed by atoms with E-state index in [2.05, 4.69) is 11.9 Å². The Hall–Kier alpha value is -1.07. The van der Waals surface area contributed by atoms with Crippen molar-refractivity contribution in [1.82, 2.24) is 5.32 Å². The zero-order valence-corrected chi connectivity index (χ0v) is 19.9. The highest BCUT2D eigenvalue weighted by atomic mass is 16.6. The molecule has 0 aliphatic carbocycles. The lowest BCUT2D eigenvalue weighted by Gasteiger charge is -2.48. The Kier molecular flexibility index (Phi) is 11.6. The van der Waals surface area contributed by atoms with Crippen LogP contribution < -0.4 is 5.32 Å². The van der Waals surface area contributed by atoms with Crippen molar-refractivity contribution in [2.45, 2.75) is 82.9 Å². The molecule has 182 valence electrons. The molecule has 3 N–H and O–H groups in total. The van der Waals surface area contributed by atoms with Crippen LogP contribution in [0.25, 0.3) is 0 Å². The normalized spacial score (nSPS) is 27.2. The van der Waals surface area contributed by atoms with Gasteiger partial charge in [0.05, 0.1) is 31.0 Å². The molecule has 0 spiro atoms. The van der Waals surface area contributed by atoms with Crippen molar-refractivity contribution in [2.75, 3.05) is 35.0 Å². The molecule has 0 bridgehead atoms. The van der Waals surface area contributed by atoms with Gasteiger partial charge >= 0.3 is 0 Å². The third kappa shape index (κ3) is 7.78. The minimum Gasteiger partial charge on any atom is -0.392 e. The topological polar surface area (TPSA) is 116 Å². The van der Waals surface area contributed by atoms with Crippen molar-refractivity contribution in [3.05, 3.63) is 12.2 Å². The lowest BCUT2D eigenvalue weighted by Crippen LogP contribution is -2.59. The van der Waals surface area contributed by atoms with Crippen molar-refractivity contribution in [1.29, 1.82) is 0 Å². The summed E-state index contributed by atoms with van der Waals surface area (Å²) in [5, 5.41) is 23.9. The van der Waals surface area contributed by atoms with Gasteiger partial charge in [0.25, 0.3) is 5.91 Å². The van der Waals surface area contributed by atoms with E-state index in [9.17, 15) is 15.0 Å². The monoisotopic (exact) mass is 447 g/mol. The van der Waals surface area contributed by atoms with Crippen molar-refractivity contribution in [2.24, 2.45) is 5.41 Å². The molecule has 31 heavy (non-hydrogen) atoms. The Balaban J connectivity index is 2.91. The fourth-order valence-electron chi connectivity index (χ4n) is 3.76. The lowest BCUT2D eigenvalue weighted by atomic mass is 9.74. The van der Waals surface area contributed by atoms with Crippen LogP contribution in [0, 0.1) is 5.41 Å². The summed E-state index contributed by atoms with van der Waals surface area (Å²) < 4.78 is 27.6. The molecule has 1 heterocycles. The predicted molar refractivity (Wildman–Crippen MR) is 116 cm³/mol. The number of rotatable bonds is 13. The van der Waals surface area contributed by atoms with E-state index in [0.29, 0.717) is 19.4 Å². The van der Waals surface area contributed by atoms with Crippen LogP contribution in [0.3, 0.4) is 0 Å². The Morgan fingerprint density at radius 3 is 2.35 bits per heavy atom. The summed E-state index contributed by atoms with van der Waals surface area (Å²) in [4.78, 5) is 12.6. The van der Waals surface area contributed by atoms with Crippen LogP contribution in [0.2, 0.25) is 0 Å². The summed E-state index contributed by atoms with van der Waals surface area (Å²) in [5.74, 6) is -0.645. The largest absolute Gasteiger partial charge is 0.392 e. The van der Waals surface area contributed by atoms with Gasteiger partial charge in [-0.2, -0.15) is 0 Å². The van der Waals surface area contributed by atoms with Gasteiger partial charge in [-0.25, -0.2) is 0 Å². The van der Waals surface area contributed by atoms with E-state index in [4.69, 9.17) is 23.7 Å². The molecule has 1 amide bonds. The molecule has 1 fully saturated rings. The number of aliphatic hydroxyl groups is 2. The number of carbonyl (C=O) groups is 1. The summed E-state index contributed by atoms with van der Waals surface area (Å²) in [7, 11) is 6.06. The molecular formula is C22H41NO8. The van der Waals surface area contributed by atoms with Gasteiger partial charge in [0.2, 0.25) is 0 Å². The van der Waals surface area contributed by atoms with E-state index in [-0.39, 0.29) is 18.6 Å². The maximum absolute atomic E-state index is 12.6. The molecular weight excluding hydrogens is 406 g/mol. The van der Waals surface area contributed by atoms with Gasteiger partial charge in [-0.05, 0) is 13.3 Å². The summed E-state index contributed by atoms with van der Waals surface area (Å²) in [6.07, 6.45) is -3.75. The molecule has 0 unspecified atom stereocenters. The van der Waals surface area contributed by atoms with Crippen molar-refractivity contribution >= 4 is 5.91 Å². The van der Waals surface area contributed by atoms with Crippen LogP contribution in [-0.4, -0.2) is 94.0 Å². The molecule has 0 aromatic carbocycles. The maximum atomic E-state index is 12.6. The maximum Gasteiger partial charge on any atom is 0.253 e. The molecule has 9 nitrogen and oxygen atoms in total. The number of aliphatic hydroxyl groups excluding tert-OH is 2. The Morgan fingerprint density at radius 2 is 1.87 bits per heavy atom. The number of nitrogens with one attached hydrogen (secondary N) is 1. The molecule has 1 saturated heterocycles. The lowest BCUT2D eigenvalue weighted by molar-refractivity contribution is -0.216. The smallest absolute Gasteiger partial charge is 0.253 e. The molecule has 1 aliphatic heterocycles. The first-order chi connectivity index (χ1) is 14.5. The third-order valence-corrected chi connectivity index (χ3v) is 6.00. The van der Waals surface area contributed by atoms with Gasteiger partial charge in [-0.3, -0.25) is 4.79 Å². The number of hydrogen-bond acceptors (Lipinski definition) is 8. The van der Waals surface area contributed by atoms with Crippen LogP contribution in [0.4, 0.5) is 0 Å². The summed E-state index contributed by atoms with van der Waals surface area (Å²) in [6.45, 7) is 9.85. The minimum atomic E-state index is -1.40. The number of hydrogen-bond donors (Lipinski definition) is 3. The van der Waals surface area contributed by atoms with Crippen molar-refractivity contribution < 1.29 is 38.7 Å². The molecule has 1 rings (SSSR count). The van der Waals surface area contributed by atoms with Gasteiger partial charge in [0.15, 0.2) is 12.3 Å². The number of carbonyl (C=O) groups excluding carboxylic acids is 1. The van der Waals surface area contributed by atoms with Gasteiger partial charge in [0.1, 0.15) is 6.10 Å². The Bertz CT molecular complexity index is 570. The van der Waals surface area contributed by atoms with E-state index in [1.807, 2.05) is 13.8 Å². The van der Waals surface area contributed by atoms with Gasteiger partial charge < -0.3 is 39.2 Å². The summed E-state index contributed by atoms with van der Waals surface area (Å²) in [5.41, 5.74) is 0.250. The van der Waals surface area contributed by atoms with Gasteiger partial charge in [-0.15, -0.1) is 6.58 Å². The fourth-order valence-corrected chi connectivity index (χ4v) is 3.76. The second-order valence-corrected chi connectivity index (χ2v) is 8.83. The van der Waals surface area contributed by atoms with Crippen LogP contribution >= 0.6 is 0 Å². The highest BCUT2D eigenvalue weighted by Crippen LogP contribution is 2.39. The van der Waals surface area contributed by atoms with Crippen molar-refractivity contribution in [3.63, 3.8) is 0 Å². The van der Waals surface area contributed by atoms with Crippen LogP contribution in [-0.2, 0) is 28.5 Å². The highest BCUT2D eigenvalue weighted by Gasteiger charge is 2.47. The number of methoxy groups -OCH3 is 4. The number of ether oxygens (including phenoxy) is 5.